The Kier molecular flexibility index (Phi) is 3.34. The zero-order valence-electron chi connectivity index (χ0n) is 8.50. The summed E-state index contributed by atoms with van der Waals surface area (Å²) in [5.41, 5.74) is -0.341. The summed E-state index contributed by atoms with van der Waals surface area (Å²) in [6.45, 7) is 4.33. The first-order chi connectivity index (χ1) is 6.57. The molecule has 0 aliphatic carbocycles. The molecule has 0 saturated heterocycles. The second-order valence-electron chi connectivity index (χ2n) is 3.65. The van der Waals surface area contributed by atoms with Crippen molar-refractivity contribution < 1.29 is 9.52 Å². The molecule has 0 atom stereocenters. The maximum Gasteiger partial charge on any atom is 0.129 e. The minimum Gasteiger partial charge on any atom is -0.462 e. The molecule has 3 heteroatoms. The van der Waals surface area contributed by atoms with Crippen LogP contribution in [0, 0.1) is 12.3 Å². The Balaban J connectivity index is 2.50. The van der Waals surface area contributed by atoms with Crippen molar-refractivity contribution in [3.63, 3.8) is 0 Å². The lowest BCUT2D eigenvalue weighted by molar-refractivity contribution is 0.242. The molecule has 0 bridgehead atoms. The van der Waals surface area contributed by atoms with Crippen LogP contribution in [0.2, 0.25) is 0 Å². The maximum atomic E-state index is 8.78. The Bertz CT molecular complexity index is 333. The van der Waals surface area contributed by atoms with E-state index in [-0.39, 0.29) is 12.1 Å². The van der Waals surface area contributed by atoms with Gasteiger partial charge in [0.25, 0.3) is 0 Å². The number of aliphatic hydroxyl groups is 1. The van der Waals surface area contributed by atoms with Crippen LogP contribution in [0.5, 0.6) is 0 Å². The van der Waals surface area contributed by atoms with Crippen molar-refractivity contribution in [2.45, 2.75) is 32.5 Å². The zero-order valence-corrected chi connectivity index (χ0v) is 8.50. The number of hydrogen-bond acceptors (Lipinski definition) is 3. The van der Waals surface area contributed by atoms with Crippen LogP contribution in [-0.4, -0.2) is 10.6 Å². The molecular weight excluding hydrogens is 178 g/mol. The van der Waals surface area contributed by atoms with E-state index < -0.39 is 0 Å². The summed E-state index contributed by atoms with van der Waals surface area (Å²) in [7, 11) is 0. The van der Waals surface area contributed by atoms with E-state index in [9.17, 15) is 0 Å². The number of furan rings is 1. The van der Waals surface area contributed by atoms with Crippen molar-refractivity contribution in [3.05, 3.63) is 23.7 Å². The largest absolute Gasteiger partial charge is 0.462 e. The molecule has 1 aromatic heterocycles. The second-order valence-corrected chi connectivity index (χ2v) is 3.65. The molecule has 76 valence electrons. The van der Waals surface area contributed by atoms with Gasteiger partial charge in [0.1, 0.15) is 18.1 Å². The highest BCUT2D eigenvalue weighted by Crippen LogP contribution is 2.09. The summed E-state index contributed by atoms with van der Waals surface area (Å²) >= 11 is 0. The van der Waals surface area contributed by atoms with E-state index in [0.29, 0.717) is 12.3 Å². The fourth-order valence-corrected chi connectivity index (χ4v) is 0.961. The van der Waals surface area contributed by atoms with E-state index in [1.54, 1.807) is 6.07 Å². The topological polar surface area (TPSA) is 45.4 Å². The summed E-state index contributed by atoms with van der Waals surface area (Å²) in [6.07, 6.45) is 5.32. The summed E-state index contributed by atoms with van der Waals surface area (Å²) in [6, 6.07) is 3.57. The van der Waals surface area contributed by atoms with Gasteiger partial charge in [0.15, 0.2) is 0 Å². The van der Waals surface area contributed by atoms with Crippen molar-refractivity contribution in [1.82, 2.24) is 5.32 Å². The first kappa shape index (κ1) is 10.8. The van der Waals surface area contributed by atoms with Crippen LogP contribution in [0.4, 0.5) is 0 Å². The van der Waals surface area contributed by atoms with Crippen LogP contribution >= 0.6 is 0 Å². The molecule has 0 amide bonds. The Labute approximate surface area is 84.1 Å². The van der Waals surface area contributed by atoms with Crippen LogP contribution in [0.15, 0.2) is 16.5 Å². The van der Waals surface area contributed by atoms with Crippen LogP contribution in [0.1, 0.15) is 25.4 Å². The molecule has 1 rings (SSSR count). The summed E-state index contributed by atoms with van der Waals surface area (Å²) in [5.74, 6) is 3.98. The maximum absolute atomic E-state index is 8.78. The molecule has 14 heavy (non-hydrogen) atoms. The molecule has 2 N–H and O–H groups in total. The van der Waals surface area contributed by atoms with Gasteiger partial charge in [0, 0.05) is 0 Å². The number of hydrogen-bond donors (Lipinski definition) is 2. The summed E-state index contributed by atoms with van der Waals surface area (Å²) in [4.78, 5) is 0. The Hall–Kier alpha value is -1.24. The van der Waals surface area contributed by atoms with Crippen LogP contribution in [-0.2, 0) is 13.2 Å². The van der Waals surface area contributed by atoms with E-state index in [1.165, 1.54) is 0 Å². The van der Waals surface area contributed by atoms with Crippen LogP contribution < -0.4 is 5.32 Å². The lowest BCUT2D eigenvalue weighted by atomic mass is 10.1. The van der Waals surface area contributed by atoms with Crippen molar-refractivity contribution >= 4 is 0 Å². The predicted molar refractivity (Wildman–Crippen MR) is 54.4 cm³/mol. The van der Waals surface area contributed by atoms with E-state index in [1.807, 2.05) is 19.9 Å². The minimum absolute atomic E-state index is 0.0709. The number of aliphatic hydroxyl groups excluding tert-OH is 1. The summed E-state index contributed by atoms with van der Waals surface area (Å²) < 4.78 is 5.29. The highest BCUT2D eigenvalue weighted by atomic mass is 16.4. The SMILES string of the molecule is C#CC(C)(C)NCc1ccc(CO)o1. The van der Waals surface area contributed by atoms with Crippen LogP contribution in [0.25, 0.3) is 0 Å². The minimum atomic E-state index is -0.341. The highest BCUT2D eigenvalue weighted by Gasteiger charge is 2.13. The first-order valence-electron chi connectivity index (χ1n) is 4.48. The van der Waals surface area contributed by atoms with Gasteiger partial charge >= 0.3 is 0 Å². The molecule has 0 aliphatic heterocycles. The molecular formula is C11H15NO2. The molecule has 0 fully saturated rings. The van der Waals surface area contributed by atoms with Gasteiger partial charge in [-0.3, -0.25) is 5.32 Å². The molecule has 0 aliphatic rings. The molecule has 1 aromatic rings. The fourth-order valence-electron chi connectivity index (χ4n) is 0.961. The average molecular weight is 193 g/mol. The number of rotatable bonds is 4. The van der Waals surface area contributed by atoms with Gasteiger partial charge in [-0.15, -0.1) is 6.42 Å². The zero-order chi connectivity index (χ0) is 10.6. The molecule has 1 heterocycles. The molecule has 3 nitrogen and oxygen atoms in total. The predicted octanol–water partition coefficient (Wildman–Crippen LogP) is 1.27. The Morgan fingerprint density at radius 3 is 2.64 bits per heavy atom. The third-order valence-electron chi connectivity index (χ3n) is 1.94. The van der Waals surface area contributed by atoms with E-state index in [2.05, 4.69) is 11.2 Å². The van der Waals surface area contributed by atoms with Gasteiger partial charge in [0.05, 0.1) is 12.1 Å². The number of nitrogens with one attached hydrogen (secondary N) is 1. The lowest BCUT2D eigenvalue weighted by Gasteiger charge is -2.18. The highest BCUT2D eigenvalue weighted by molar-refractivity contribution is 5.10. The van der Waals surface area contributed by atoms with Crippen molar-refractivity contribution in [3.8, 4) is 12.3 Å². The van der Waals surface area contributed by atoms with Gasteiger partial charge in [-0.05, 0) is 26.0 Å². The van der Waals surface area contributed by atoms with Gasteiger partial charge in [-0.25, -0.2) is 0 Å². The standard InChI is InChI=1S/C11H15NO2/c1-4-11(2,3)12-7-9-5-6-10(8-13)14-9/h1,5-6,12-13H,7-8H2,2-3H3. The van der Waals surface area contributed by atoms with E-state index >= 15 is 0 Å². The third-order valence-corrected chi connectivity index (χ3v) is 1.94. The third kappa shape index (κ3) is 2.91. The van der Waals surface area contributed by atoms with Gasteiger partial charge < -0.3 is 9.52 Å². The van der Waals surface area contributed by atoms with Gasteiger partial charge in [-0.1, -0.05) is 5.92 Å². The van der Waals surface area contributed by atoms with Crippen molar-refractivity contribution in [2.24, 2.45) is 0 Å². The average Bonchev–Trinajstić information content (AvgIpc) is 2.63. The van der Waals surface area contributed by atoms with Gasteiger partial charge in [0.2, 0.25) is 0 Å². The number of terminal acetylenes is 1. The van der Waals surface area contributed by atoms with Crippen LogP contribution in [0.3, 0.4) is 0 Å². The molecule has 0 unspecified atom stereocenters. The monoisotopic (exact) mass is 193 g/mol. The lowest BCUT2D eigenvalue weighted by Crippen LogP contribution is -2.36. The van der Waals surface area contributed by atoms with E-state index in [4.69, 9.17) is 15.9 Å². The summed E-state index contributed by atoms with van der Waals surface area (Å²) in [5, 5.41) is 11.9. The fraction of sp³-hybridized carbons (Fsp3) is 0.455. The molecule has 0 radical (unpaired) electrons. The molecule has 0 spiro atoms. The smallest absolute Gasteiger partial charge is 0.129 e. The Morgan fingerprint density at radius 1 is 1.50 bits per heavy atom. The van der Waals surface area contributed by atoms with E-state index in [0.717, 1.165) is 5.76 Å². The van der Waals surface area contributed by atoms with Crippen molar-refractivity contribution in [2.75, 3.05) is 0 Å². The normalized spacial score (nSPS) is 11.3. The van der Waals surface area contributed by atoms with Crippen molar-refractivity contribution in [1.29, 1.82) is 0 Å². The van der Waals surface area contributed by atoms with Gasteiger partial charge in [-0.2, -0.15) is 0 Å². The molecule has 0 aromatic carbocycles. The Morgan fingerprint density at radius 2 is 2.14 bits per heavy atom. The first-order valence-corrected chi connectivity index (χ1v) is 4.48. The molecule has 0 saturated carbocycles. The second kappa shape index (κ2) is 4.32. The quantitative estimate of drug-likeness (QED) is 0.708.